The Bertz CT molecular complexity index is 551. The molecule has 22 heavy (non-hydrogen) atoms. The van der Waals surface area contributed by atoms with E-state index in [9.17, 15) is 5.11 Å². The van der Waals surface area contributed by atoms with E-state index >= 15 is 0 Å². The molecule has 5 rings (SSSR count). The molecule has 4 aliphatic carbocycles. The van der Waals surface area contributed by atoms with E-state index in [4.69, 9.17) is 0 Å². The fourth-order valence-corrected chi connectivity index (χ4v) is 4.96. The minimum absolute atomic E-state index is 0.132. The summed E-state index contributed by atoms with van der Waals surface area (Å²) >= 11 is 0. The molecule has 0 amide bonds. The van der Waals surface area contributed by atoms with Crippen LogP contribution in [0.15, 0.2) is 12.4 Å². The quantitative estimate of drug-likeness (QED) is 0.896. The van der Waals surface area contributed by atoms with Crippen molar-refractivity contribution in [1.82, 2.24) is 9.97 Å². The topological polar surface area (TPSA) is 58.0 Å². The van der Waals surface area contributed by atoms with E-state index in [2.05, 4.69) is 35.2 Å². The summed E-state index contributed by atoms with van der Waals surface area (Å²) in [6, 6.07) is 2.08. The lowest BCUT2D eigenvalue weighted by atomic mass is 9.45. The average molecular weight is 301 g/mol. The first kappa shape index (κ1) is 14.4. The van der Waals surface area contributed by atoms with Crippen LogP contribution in [0.5, 0.6) is 0 Å². The highest BCUT2D eigenvalue weighted by molar-refractivity contribution is 5.36. The Morgan fingerprint density at radius 2 is 2.05 bits per heavy atom. The molecule has 2 N–H and O–H groups in total. The standard InChI is InChI=1S/C18H27N3O/c1-18(2)13-4-3-11(15(18)7-13)9-19-17-8-16(20-10-21-17)12-5-14(22)6-12/h8,10-15,22H,3-7,9H2,1-2H3,(H,19,20,21)/t11-,12?,13-,14?,15-/m1/s1. The van der Waals surface area contributed by atoms with Crippen LogP contribution in [0.25, 0.3) is 0 Å². The number of nitrogens with one attached hydrogen (secondary N) is 1. The zero-order valence-electron chi connectivity index (χ0n) is 13.6. The summed E-state index contributed by atoms with van der Waals surface area (Å²) in [4.78, 5) is 8.75. The molecule has 4 saturated carbocycles. The molecule has 0 aliphatic heterocycles. The molecule has 1 aromatic rings. The number of rotatable bonds is 4. The van der Waals surface area contributed by atoms with E-state index in [1.165, 1.54) is 19.3 Å². The Balaban J connectivity index is 1.37. The molecular formula is C18H27N3O. The first-order valence-corrected chi connectivity index (χ1v) is 8.78. The fraction of sp³-hybridized carbons (Fsp3) is 0.778. The zero-order chi connectivity index (χ0) is 15.3. The van der Waals surface area contributed by atoms with Gasteiger partial charge in [-0.1, -0.05) is 13.8 Å². The van der Waals surface area contributed by atoms with Gasteiger partial charge in [0.1, 0.15) is 12.1 Å². The van der Waals surface area contributed by atoms with Gasteiger partial charge in [-0.15, -0.1) is 0 Å². The van der Waals surface area contributed by atoms with Gasteiger partial charge < -0.3 is 10.4 Å². The molecule has 0 radical (unpaired) electrons. The van der Waals surface area contributed by atoms with Crippen LogP contribution in [0.2, 0.25) is 0 Å². The molecule has 3 atom stereocenters. The van der Waals surface area contributed by atoms with E-state index in [1.807, 2.05) is 0 Å². The van der Waals surface area contributed by atoms with Crippen molar-refractivity contribution in [2.24, 2.45) is 23.2 Å². The van der Waals surface area contributed by atoms with Crippen molar-refractivity contribution in [3.8, 4) is 0 Å². The number of anilines is 1. The Hall–Kier alpha value is -1.16. The second kappa shape index (κ2) is 5.19. The van der Waals surface area contributed by atoms with Crippen LogP contribution in [-0.4, -0.2) is 27.7 Å². The SMILES string of the molecule is CC1(C)[C@@H]2CC[C@H](CNc3cc(C4CC(O)C4)ncn3)[C@H]1C2. The molecule has 2 bridgehead atoms. The summed E-state index contributed by atoms with van der Waals surface area (Å²) in [6.07, 6.45) is 7.39. The minimum Gasteiger partial charge on any atom is -0.393 e. The summed E-state index contributed by atoms with van der Waals surface area (Å²) in [5.74, 6) is 3.99. The third-order valence-corrected chi connectivity index (χ3v) is 6.77. The van der Waals surface area contributed by atoms with Gasteiger partial charge in [-0.25, -0.2) is 9.97 Å². The van der Waals surface area contributed by atoms with Crippen molar-refractivity contribution in [3.63, 3.8) is 0 Å². The summed E-state index contributed by atoms with van der Waals surface area (Å²) in [6.45, 7) is 5.93. The molecule has 4 aliphatic rings. The second-order valence-electron chi connectivity index (χ2n) is 8.23. The van der Waals surface area contributed by atoms with E-state index in [-0.39, 0.29) is 6.10 Å². The monoisotopic (exact) mass is 301 g/mol. The van der Waals surface area contributed by atoms with Crippen molar-refractivity contribution in [2.75, 3.05) is 11.9 Å². The van der Waals surface area contributed by atoms with E-state index in [1.54, 1.807) is 6.33 Å². The largest absolute Gasteiger partial charge is 0.393 e. The number of aliphatic hydroxyl groups is 1. The van der Waals surface area contributed by atoms with Gasteiger partial charge in [0.05, 0.1) is 6.10 Å². The van der Waals surface area contributed by atoms with E-state index in [0.717, 1.165) is 48.7 Å². The summed E-state index contributed by atoms with van der Waals surface area (Å²) in [5, 5.41) is 13.0. The van der Waals surface area contributed by atoms with Crippen LogP contribution in [0.4, 0.5) is 5.82 Å². The van der Waals surface area contributed by atoms with Crippen molar-refractivity contribution < 1.29 is 5.11 Å². The molecule has 1 heterocycles. The maximum absolute atomic E-state index is 9.45. The number of hydrogen-bond acceptors (Lipinski definition) is 4. The maximum atomic E-state index is 9.45. The highest BCUT2D eigenvalue weighted by Crippen LogP contribution is 2.61. The first-order chi connectivity index (χ1) is 10.5. The van der Waals surface area contributed by atoms with Crippen LogP contribution >= 0.6 is 0 Å². The molecule has 0 spiro atoms. The molecule has 120 valence electrons. The Labute approximate surface area is 132 Å². The van der Waals surface area contributed by atoms with Crippen LogP contribution < -0.4 is 5.32 Å². The summed E-state index contributed by atoms with van der Waals surface area (Å²) in [5.41, 5.74) is 1.62. The number of aliphatic hydroxyl groups excluding tert-OH is 1. The molecule has 0 unspecified atom stereocenters. The number of fused-ring (bicyclic) bond motifs is 2. The van der Waals surface area contributed by atoms with Crippen LogP contribution in [0.3, 0.4) is 0 Å². The highest BCUT2D eigenvalue weighted by atomic mass is 16.3. The lowest BCUT2D eigenvalue weighted by Gasteiger charge is -2.60. The summed E-state index contributed by atoms with van der Waals surface area (Å²) < 4.78 is 0. The zero-order valence-corrected chi connectivity index (χ0v) is 13.6. The van der Waals surface area contributed by atoms with Gasteiger partial charge in [0.25, 0.3) is 0 Å². The minimum atomic E-state index is -0.132. The molecule has 4 fully saturated rings. The number of hydrogen-bond donors (Lipinski definition) is 2. The lowest BCUT2D eigenvalue weighted by molar-refractivity contribution is -0.100. The first-order valence-electron chi connectivity index (χ1n) is 8.78. The van der Waals surface area contributed by atoms with Crippen molar-refractivity contribution in [2.45, 2.75) is 58.0 Å². The number of nitrogens with zero attached hydrogens (tertiary/aromatic N) is 2. The number of aromatic nitrogens is 2. The Morgan fingerprint density at radius 1 is 1.23 bits per heavy atom. The predicted molar refractivity (Wildman–Crippen MR) is 86.6 cm³/mol. The molecule has 4 nitrogen and oxygen atoms in total. The predicted octanol–water partition coefficient (Wildman–Crippen LogP) is 3.20. The summed E-state index contributed by atoms with van der Waals surface area (Å²) in [7, 11) is 0. The fourth-order valence-electron chi connectivity index (χ4n) is 4.96. The smallest absolute Gasteiger partial charge is 0.129 e. The third-order valence-electron chi connectivity index (χ3n) is 6.77. The highest BCUT2D eigenvalue weighted by Gasteiger charge is 2.53. The second-order valence-corrected chi connectivity index (χ2v) is 8.23. The Kier molecular flexibility index (Phi) is 3.40. The third kappa shape index (κ3) is 2.32. The molecule has 0 aromatic carbocycles. The van der Waals surface area contributed by atoms with Gasteiger partial charge in [-0.05, 0) is 55.3 Å². The van der Waals surface area contributed by atoms with E-state index < -0.39 is 0 Å². The normalized spacial score (nSPS) is 38.8. The van der Waals surface area contributed by atoms with Gasteiger partial charge in [0.2, 0.25) is 0 Å². The van der Waals surface area contributed by atoms with Crippen LogP contribution in [0.1, 0.15) is 57.6 Å². The van der Waals surface area contributed by atoms with Gasteiger partial charge >= 0.3 is 0 Å². The average Bonchev–Trinajstić information content (AvgIpc) is 2.50. The van der Waals surface area contributed by atoms with Gasteiger partial charge in [-0.3, -0.25) is 0 Å². The van der Waals surface area contributed by atoms with Gasteiger partial charge in [0, 0.05) is 24.2 Å². The van der Waals surface area contributed by atoms with Gasteiger partial charge in [-0.2, -0.15) is 0 Å². The maximum Gasteiger partial charge on any atom is 0.129 e. The van der Waals surface area contributed by atoms with Gasteiger partial charge in [0.15, 0.2) is 0 Å². The molecule has 4 heteroatoms. The van der Waals surface area contributed by atoms with E-state index in [0.29, 0.717) is 11.3 Å². The van der Waals surface area contributed by atoms with Crippen LogP contribution in [-0.2, 0) is 0 Å². The molecule has 1 aromatic heterocycles. The van der Waals surface area contributed by atoms with Crippen LogP contribution in [0, 0.1) is 23.2 Å². The van der Waals surface area contributed by atoms with Crippen molar-refractivity contribution >= 4 is 5.82 Å². The molecule has 0 saturated heterocycles. The Morgan fingerprint density at radius 3 is 2.73 bits per heavy atom. The van der Waals surface area contributed by atoms with Crippen molar-refractivity contribution in [1.29, 1.82) is 0 Å². The van der Waals surface area contributed by atoms with Crippen molar-refractivity contribution in [3.05, 3.63) is 18.1 Å². The molecular weight excluding hydrogens is 274 g/mol. The lowest BCUT2D eigenvalue weighted by Crippen LogP contribution is -2.53.